The van der Waals surface area contributed by atoms with E-state index in [4.69, 9.17) is 0 Å². The van der Waals surface area contributed by atoms with Gasteiger partial charge in [0.2, 0.25) is 0 Å². The molecule has 1 aromatic heterocycles. The monoisotopic (exact) mass is 753 g/mol. The number of aromatic nitrogens is 1. The summed E-state index contributed by atoms with van der Waals surface area (Å²) < 4.78 is 2.42. The summed E-state index contributed by atoms with van der Waals surface area (Å²) in [5, 5.41) is 2.59. The predicted octanol–water partition coefficient (Wildman–Crippen LogP) is 15.2. The van der Waals surface area contributed by atoms with Crippen LogP contribution in [0.4, 0.5) is 0 Å². The van der Waals surface area contributed by atoms with Gasteiger partial charge in [0.25, 0.3) is 0 Å². The van der Waals surface area contributed by atoms with Gasteiger partial charge in [-0.15, -0.1) is 0 Å². The molecule has 1 heteroatoms. The maximum absolute atomic E-state index is 2.56. The van der Waals surface area contributed by atoms with Crippen molar-refractivity contribution in [1.82, 2.24) is 4.57 Å². The second kappa shape index (κ2) is 12.9. The number of benzene rings is 7. The number of nitrogens with zero attached hydrogens (tertiary/aromatic N) is 1. The van der Waals surface area contributed by atoms with Crippen LogP contribution in [-0.4, -0.2) is 4.57 Å². The average Bonchev–Trinajstić information content (AvgIpc) is 3.80. The Morgan fingerprint density at radius 3 is 1.34 bits per heavy atom. The molecule has 0 fully saturated rings. The fourth-order valence-electron chi connectivity index (χ4n) is 11.2. The summed E-state index contributed by atoms with van der Waals surface area (Å²) in [4.78, 5) is 0. The normalized spacial score (nSPS) is 16.7. The Labute approximate surface area is 345 Å². The van der Waals surface area contributed by atoms with E-state index in [1.807, 2.05) is 0 Å². The molecule has 7 aromatic carbocycles. The van der Waals surface area contributed by atoms with Crippen molar-refractivity contribution in [3.8, 4) is 27.9 Å². The van der Waals surface area contributed by atoms with E-state index in [9.17, 15) is 0 Å². The van der Waals surface area contributed by atoms with Crippen LogP contribution < -0.4 is 0 Å². The molecule has 0 spiro atoms. The van der Waals surface area contributed by atoms with E-state index in [1.54, 1.807) is 0 Å². The fraction of sp³-hybridized carbons (Fsp3) is 0.263. The second-order valence-corrected chi connectivity index (χ2v) is 18.8. The Kier molecular flexibility index (Phi) is 8.17. The van der Waals surface area contributed by atoms with Crippen molar-refractivity contribution < 1.29 is 0 Å². The van der Waals surface area contributed by atoms with Gasteiger partial charge in [-0.3, -0.25) is 0 Å². The quantitative estimate of drug-likeness (QED) is 0.146. The Morgan fingerprint density at radius 2 is 0.845 bits per heavy atom. The maximum atomic E-state index is 2.56. The molecule has 0 saturated carbocycles. The SMILES string of the molecule is CCCC(C)(c1ccc(-n2c3ccccc3c3ccccc32)cc1)c1ccc2c(c1)C(C)(C)c1cc(C(C)(CC)c3ccc4c(c3)C(C)(C)c3ccccc3-4)ccc1-2. The van der Waals surface area contributed by atoms with Crippen molar-refractivity contribution in [2.45, 2.75) is 96.3 Å². The molecule has 2 unspecified atom stereocenters. The van der Waals surface area contributed by atoms with E-state index in [-0.39, 0.29) is 21.7 Å². The lowest BCUT2D eigenvalue weighted by molar-refractivity contribution is 0.510. The summed E-state index contributed by atoms with van der Waals surface area (Å²) in [6.07, 6.45) is 3.22. The van der Waals surface area contributed by atoms with Crippen LogP contribution in [0.5, 0.6) is 0 Å². The number of para-hydroxylation sites is 2. The van der Waals surface area contributed by atoms with Crippen molar-refractivity contribution in [3.63, 3.8) is 0 Å². The van der Waals surface area contributed by atoms with Crippen molar-refractivity contribution in [2.75, 3.05) is 0 Å². The van der Waals surface area contributed by atoms with Gasteiger partial charge in [-0.2, -0.15) is 0 Å². The van der Waals surface area contributed by atoms with Gasteiger partial charge in [0.1, 0.15) is 0 Å². The van der Waals surface area contributed by atoms with Crippen LogP contribution in [0.25, 0.3) is 49.7 Å². The molecule has 1 nitrogen and oxygen atoms in total. The van der Waals surface area contributed by atoms with E-state index in [0.717, 1.165) is 19.3 Å². The minimum Gasteiger partial charge on any atom is -0.309 e. The Morgan fingerprint density at radius 1 is 0.431 bits per heavy atom. The van der Waals surface area contributed by atoms with Gasteiger partial charge < -0.3 is 4.57 Å². The summed E-state index contributed by atoms with van der Waals surface area (Å²) in [6, 6.07) is 58.1. The first-order valence-electron chi connectivity index (χ1n) is 21.6. The van der Waals surface area contributed by atoms with Crippen LogP contribution >= 0.6 is 0 Å². The smallest absolute Gasteiger partial charge is 0.0541 e. The van der Waals surface area contributed by atoms with Gasteiger partial charge in [-0.1, -0.05) is 189 Å². The van der Waals surface area contributed by atoms with Gasteiger partial charge in [-0.05, 0) is 104 Å². The summed E-state index contributed by atoms with van der Waals surface area (Å²) in [7, 11) is 0. The van der Waals surface area contributed by atoms with Gasteiger partial charge in [-0.25, -0.2) is 0 Å². The van der Waals surface area contributed by atoms with Crippen LogP contribution in [0.2, 0.25) is 0 Å². The molecule has 0 bridgehead atoms. The number of fused-ring (bicyclic) bond motifs is 9. The number of rotatable bonds is 8. The Bertz CT molecular complexity index is 2860. The summed E-state index contributed by atoms with van der Waals surface area (Å²) in [5.74, 6) is 0. The molecular formula is C57H55N. The lowest BCUT2D eigenvalue weighted by Crippen LogP contribution is -2.26. The molecule has 2 atom stereocenters. The standard InChI is InChI=1S/C57H55N/c1-9-33-57(8,37-23-28-41(29-24-37)58-52-21-15-12-18-46(52)47-19-13-16-22-53(47)58)40-27-32-45-44-31-26-39(35-50(44)55(5,6)51(45)36-40)56(7,10-2)38-25-30-43-42-17-11-14-20-48(42)54(3,4)49(43)34-38/h11-32,34-36H,9-10,33H2,1-8H3. The molecule has 0 N–H and O–H groups in total. The summed E-state index contributed by atoms with van der Waals surface area (Å²) in [6.45, 7) is 19.3. The highest BCUT2D eigenvalue weighted by molar-refractivity contribution is 6.09. The zero-order valence-electron chi connectivity index (χ0n) is 35.5. The molecule has 8 aromatic rings. The van der Waals surface area contributed by atoms with Gasteiger partial charge in [0.05, 0.1) is 11.0 Å². The number of hydrogen-bond acceptors (Lipinski definition) is 0. The van der Waals surface area contributed by atoms with Crippen LogP contribution in [0.15, 0.2) is 152 Å². The molecule has 0 radical (unpaired) electrons. The first-order chi connectivity index (χ1) is 27.9. The molecule has 2 aliphatic rings. The Hall–Kier alpha value is -5.66. The molecule has 2 aliphatic carbocycles. The van der Waals surface area contributed by atoms with E-state index in [0.29, 0.717) is 0 Å². The second-order valence-electron chi connectivity index (χ2n) is 18.8. The topological polar surface area (TPSA) is 4.93 Å². The minimum atomic E-state index is -0.125. The van der Waals surface area contributed by atoms with Gasteiger partial charge in [0.15, 0.2) is 0 Å². The highest BCUT2D eigenvalue weighted by Gasteiger charge is 2.41. The molecular weight excluding hydrogens is 699 g/mol. The van der Waals surface area contributed by atoms with Crippen LogP contribution in [0.1, 0.15) is 119 Å². The van der Waals surface area contributed by atoms with Crippen LogP contribution in [0.3, 0.4) is 0 Å². The molecule has 1 heterocycles. The van der Waals surface area contributed by atoms with Crippen molar-refractivity contribution >= 4 is 21.8 Å². The molecule has 10 rings (SSSR count). The molecule has 0 saturated heterocycles. The summed E-state index contributed by atoms with van der Waals surface area (Å²) in [5.41, 5.74) is 20.2. The maximum Gasteiger partial charge on any atom is 0.0541 e. The van der Waals surface area contributed by atoms with Crippen LogP contribution in [-0.2, 0) is 21.7 Å². The molecule has 0 amide bonds. The summed E-state index contributed by atoms with van der Waals surface area (Å²) >= 11 is 0. The van der Waals surface area contributed by atoms with Gasteiger partial charge in [0, 0.05) is 38.1 Å². The minimum absolute atomic E-state index is 0.0173. The third kappa shape index (κ3) is 5.08. The first kappa shape index (κ1) is 36.7. The third-order valence-electron chi connectivity index (χ3n) is 15.0. The third-order valence-corrected chi connectivity index (χ3v) is 15.0. The highest BCUT2D eigenvalue weighted by atomic mass is 15.0. The van der Waals surface area contributed by atoms with Crippen molar-refractivity contribution in [3.05, 3.63) is 196 Å². The lowest BCUT2D eigenvalue weighted by Gasteiger charge is -2.33. The van der Waals surface area contributed by atoms with E-state index in [2.05, 4.69) is 212 Å². The predicted molar refractivity (Wildman–Crippen MR) is 247 cm³/mol. The fourth-order valence-corrected chi connectivity index (χ4v) is 11.2. The Balaban J connectivity index is 1.01. The van der Waals surface area contributed by atoms with E-state index in [1.165, 1.54) is 94.3 Å². The van der Waals surface area contributed by atoms with E-state index < -0.39 is 0 Å². The zero-order chi connectivity index (χ0) is 40.2. The highest BCUT2D eigenvalue weighted by Crippen LogP contribution is 2.54. The lowest BCUT2D eigenvalue weighted by atomic mass is 9.70. The van der Waals surface area contributed by atoms with E-state index >= 15 is 0 Å². The number of hydrogen-bond donors (Lipinski definition) is 0. The van der Waals surface area contributed by atoms with Crippen LogP contribution in [0, 0.1) is 0 Å². The van der Waals surface area contributed by atoms with Crippen molar-refractivity contribution in [2.24, 2.45) is 0 Å². The first-order valence-corrected chi connectivity index (χ1v) is 21.6. The zero-order valence-corrected chi connectivity index (χ0v) is 35.5. The average molecular weight is 754 g/mol. The molecule has 58 heavy (non-hydrogen) atoms. The molecule has 288 valence electrons. The van der Waals surface area contributed by atoms with Gasteiger partial charge >= 0.3 is 0 Å². The largest absolute Gasteiger partial charge is 0.309 e. The van der Waals surface area contributed by atoms with Crippen molar-refractivity contribution in [1.29, 1.82) is 0 Å². The molecule has 0 aliphatic heterocycles.